The van der Waals surface area contributed by atoms with E-state index >= 15 is 0 Å². The molecular weight excluding hydrogens is 184 g/mol. The van der Waals surface area contributed by atoms with Gasteiger partial charge in [0.25, 0.3) is 0 Å². The van der Waals surface area contributed by atoms with Crippen molar-refractivity contribution in [3.8, 4) is 5.75 Å². The molecule has 15 heavy (non-hydrogen) atoms. The van der Waals surface area contributed by atoms with Crippen molar-refractivity contribution in [2.75, 3.05) is 0 Å². The molecule has 2 rings (SSSR count). The van der Waals surface area contributed by atoms with Crippen LogP contribution in [0.3, 0.4) is 0 Å². The number of phenolic OH excluding ortho intramolecular Hbond substituents is 1. The van der Waals surface area contributed by atoms with Crippen LogP contribution in [0.4, 0.5) is 0 Å². The fourth-order valence-electron chi connectivity index (χ4n) is 1.51. The van der Waals surface area contributed by atoms with E-state index < -0.39 is 0 Å². The van der Waals surface area contributed by atoms with Gasteiger partial charge in [0.05, 0.1) is 0 Å². The Bertz CT molecular complexity index is 274. The molecule has 1 heteroatoms. The van der Waals surface area contributed by atoms with Gasteiger partial charge in [0.1, 0.15) is 5.75 Å². The maximum Gasteiger partial charge on any atom is 0.115 e. The van der Waals surface area contributed by atoms with Gasteiger partial charge in [-0.2, -0.15) is 0 Å². The Balaban J connectivity index is 0.000000245. The van der Waals surface area contributed by atoms with Gasteiger partial charge in [-0.3, -0.25) is 0 Å². The fourth-order valence-corrected chi connectivity index (χ4v) is 1.51. The molecule has 1 fully saturated rings. The third-order valence-electron chi connectivity index (χ3n) is 2.93. The van der Waals surface area contributed by atoms with Crippen molar-refractivity contribution in [3.05, 3.63) is 29.8 Å². The third kappa shape index (κ3) is 3.94. The second-order valence-corrected chi connectivity index (χ2v) is 4.41. The third-order valence-corrected chi connectivity index (χ3v) is 2.93. The van der Waals surface area contributed by atoms with Crippen molar-refractivity contribution in [2.24, 2.45) is 5.92 Å². The summed E-state index contributed by atoms with van der Waals surface area (Å²) in [4.78, 5) is 0. The van der Waals surface area contributed by atoms with Crippen LogP contribution < -0.4 is 0 Å². The number of unbranched alkanes of at least 4 members (excludes halogenated alkanes) is 1. The van der Waals surface area contributed by atoms with Gasteiger partial charge < -0.3 is 5.11 Å². The van der Waals surface area contributed by atoms with Gasteiger partial charge in [-0.25, -0.2) is 0 Å². The minimum Gasteiger partial charge on any atom is -0.508 e. The van der Waals surface area contributed by atoms with E-state index in [0.717, 1.165) is 11.8 Å². The van der Waals surface area contributed by atoms with Crippen LogP contribution >= 0.6 is 0 Å². The minimum atomic E-state index is 0.363. The Kier molecular flexibility index (Phi) is 4.67. The van der Waals surface area contributed by atoms with Crippen molar-refractivity contribution in [1.29, 1.82) is 0 Å². The maximum absolute atomic E-state index is 9.02. The quantitative estimate of drug-likeness (QED) is 0.764. The first-order valence-electron chi connectivity index (χ1n) is 5.98. The lowest BCUT2D eigenvalue weighted by Crippen LogP contribution is -1.78. The maximum atomic E-state index is 9.02. The predicted molar refractivity (Wildman–Crippen MR) is 65.2 cm³/mol. The molecule has 1 aliphatic carbocycles. The van der Waals surface area contributed by atoms with E-state index in [1.807, 2.05) is 12.1 Å². The Morgan fingerprint density at radius 3 is 1.93 bits per heavy atom. The Morgan fingerprint density at radius 2 is 1.60 bits per heavy atom. The lowest BCUT2D eigenvalue weighted by atomic mass is 10.1. The molecule has 0 aliphatic heterocycles. The Hall–Kier alpha value is -0.980. The van der Waals surface area contributed by atoms with E-state index in [-0.39, 0.29) is 0 Å². The second-order valence-electron chi connectivity index (χ2n) is 4.41. The molecule has 0 heterocycles. The highest BCUT2D eigenvalue weighted by atomic mass is 16.3. The molecule has 2 unspecified atom stereocenters. The van der Waals surface area contributed by atoms with Gasteiger partial charge in [0.15, 0.2) is 0 Å². The summed E-state index contributed by atoms with van der Waals surface area (Å²) in [7, 11) is 0. The lowest BCUT2D eigenvalue weighted by Gasteiger charge is -1.97. The summed E-state index contributed by atoms with van der Waals surface area (Å²) in [6, 6.07) is 7.56. The van der Waals surface area contributed by atoms with Gasteiger partial charge in [0.2, 0.25) is 0 Å². The van der Waals surface area contributed by atoms with E-state index in [0.29, 0.717) is 5.75 Å². The summed E-state index contributed by atoms with van der Waals surface area (Å²) in [5.74, 6) is 1.97. The lowest BCUT2D eigenvalue weighted by molar-refractivity contribution is 0.475. The average Bonchev–Trinajstić information content (AvgIpc) is 2.97. The first kappa shape index (κ1) is 12.1. The van der Waals surface area contributed by atoms with Gasteiger partial charge in [-0.1, -0.05) is 45.7 Å². The molecule has 1 aliphatic rings. The summed E-state index contributed by atoms with van der Waals surface area (Å²) in [6.07, 6.45) is 3.95. The van der Waals surface area contributed by atoms with Crippen molar-refractivity contribution in [2.45, 2.75) is 46.0 Å². The standard InChI is InChI=1S/C10H12O.C4H10/c1-7-6-10(7)8-2-4-9(11)5-3-8;1-3-4-2/h2-5,7,10-11H,6H2,1H3;3-4H2,1-2H3. The van der Waals surface area contributed by atoms with E-state index in [9.17, 15) is 0 Å². The molecule has 2 atom stereocenters. The summed E-state index contributed by atoms with van der Waals surface area (Å²) in [5.41, 5.74) is 1.37. The first-order valence-corrected chi connectivity index (χ1v) is 5.98. The highest BCUT2D eigenvalue weighted by molar-refractivity contribution is 5.31. The SMILES string of the molecule is CC1CC1c1ccc(O)cc1.CCCC. The molecular formula is C14H22O. The monoisotopic (exact) mass is 206 g/mol. The Morgan fingerprint density at radius 1 is 1.13 bits per heavy atom. The van der Waals surface area contributed by atoms with Crippen LogP contribution in [-0.4, -0.2) is 5.11 Å². The Labute approximate surface area is 93.1 Å². The van der Waals surface area contributed by atoms with Gasteiger partial charge in [-0.05, 0) is 36.0 Å². The second kappa shape index (κ2) is 5.79. The van der Waals surface area contributed by atoms with Crippen molar-refractivity contribution in [1.82, 2.24) is 0 Å². The van der Waals surface area contributed by atoms with Gasteiger partial charge in [0, 0.05) is 0 Å². The fraction of sp³-hybridized carbons (Fsp3) is 0.571. The number of benzene rings is 1. The van der Waals surface area contributed by atoms with Crippen LogP contribution in [-0.2, 0) is 0 Å². The summed E-state index contributed by atoms with van der Waals surface area (Å²) >= 11 is 0. The molecule has 1 N–H and O–H groups in total. The zero-order chi connectivity index (χ0) is 11.3. The summed E-state index contributed by atoms with van der Waals surface area (Å²) in [5, 5.41) is 9.02. The average molecular weight is 206 g/mol. The van der Waals surface area contributed by atoms with Crippen LogP contribution in [0, 0.1) is 5.92 Å². The number of phenols is 1. The molecule has 1 saturated carbocycles. The molecule has 0 bridgehead atoms. The summed E-state index contributed by atoms with van der Waals surface area (Å²) < 4.78 is 0. The van der Waals surface area contributed by atoms with Gasteiger partial charge >= 0.3 is 0 Å². The molecule has 0 saturated heterocycles. The molecule has 0 amide bonds. The molecule has 84 valence electrons. The van der Waals surface area contributed by atoms with E-state index in [1.165, 1.54) is 24.8 Å². The van der Waals surface area contributed by atoms with Crippen LogP contribution in [0.25, 0.3) is 0 Å². The first-order chi connectivity index (χ1) is 7.19. The van der Waals surface area contributed by atoms with Crippen LogP contribution in [0.2, 0.25) is 0 Å². The number of aromatic hydroxyl groups is 1. The predicted octanol–water partition coefficient (Wildman–Crippen LogP) is 4.32. The zero-order valence-corrected chi connectivity index (χ0v) is 10.0. The molecule has 0 spiro atoms. The van der Waals surface area contributed by atoms with Crippen LogP contribution in [0.15, 0.2) is 24.3 Å². The number of hydrogen-bond acceptors (Lipinski definition) is 1. The molecule has 1 aromatic rings. The largest absolute Gasteiger partial charge is 0.508 e. The molecule has 1 nitrogen and oxygen atoms in total. The van der Waals surface area contributed by atoms with E-state index in [2.05, 4.69) is 20.8 Å². The number of hydrogen-bond donors (Lipinski definition) is 1. The van der Waals surface area contributed by atoms with Crippen LogP contribution in [0.1, 0.15) is 51.5 Å². The zero-order valence-electron chi connectivity index (χ0n) is 10.0. The van der Waals surface area contributed by atoms with Gasteiger partial charge in [-0.15, -0.1) is 0 Å². The highest BCUT2D eigenvalue weighted by Gasteiger charge is 2.33. The topological polar surface area (TPSA) is 20.2 Å². The molecule has 0 radical (unpaired) electrons. The molecule has 1 aromatic carbocycles. The van der Waals surface area contributed by atoms with Crippen LogP contribution in [0.5, 0.6) is 5.75 Å². The van der Waals surface area contributed by atoms with E-state index in [1.54, 1.807) is 12.1 Å². The molecule has 0 aromatic heterocycles. The van der Waals surface area contributed by atoms with Crippen molar-refractivity contribution < 1.29 is 5.11 Å². The summed E-state index contributed by atoms with van der Waals surface area (Å²) in [6.45, 7) is 6.62. The van der Waals surface area contributed by atoms with E-state index in [4.69, 9.17) is 5.11 Å². The minimum absolute atomic E-state index is 0.363. The van der Waals surface area contributed by atoms with Crippen molar-refractivity contribution in [3.63, 3.8) is 0 Å². The number of rotatable bonds is 2. The smallest absolute Gasteiger partial charge is 0.115 e. The normalized spacial score (nSPS) is 22.9. The van der Waals surface area contributed by atoms with Crippen molar-refractivity contribution >= 4 is 0 Å². The highest BCUT2D eigenvalue weighted by Crippen LogP contribution is 2.46.